The normalized spacial score (nSPS) is 19.4. The van der Waals surface area contributed by atoms with Crippen molar-refractivity contribution in [1.82, 2.24) is 9.24 Å². The van der Waals surface area contributed by atoms with E-state index in [0.29, 0.717) is 23.4 Å². The van der Waals surface area contributed by atoms with Crippen molar-refractivity contribution in [3.05, 3.63) is 68.9 Å². The lowest BCUT2D eigenvalue weighted by Crippen LogP contribution is -2.44. The lowest BCUT2D eigenvalue weighted by atomic mass is 10.0. The summed E-state index contributed by atoms with van der Waals surface area (Å²) in [5, 5.41) is 0.490. The molecule has 1 aromatic heterocycles. The number of hydrogen-bond donors (Lipinski definition) is 2. The molecule has 2 aromatic carbocycles. The summed E-state index contributed by atoms with van der Waals surface area (Å²) in [7, 11) is 0. The first-order chi connectivity index (χ1) is 15.5. The number of para-hydroxylation sites is 1. The fraction of sp³-hybridized carbons (Fsp3) is 0.417. The Bertz CT molecular complexity index is 1260. The summed E-state index contributed by atoms with van der Waals surface area (Å²) in [4.78, 5) is 27.7. The summed E-state index contributed by atoms with van der Waals surface area (Å²) in [5.74, 6) is 6.91. The van der Waals surface area contributed by atoms with Crippen molar-refractivity contribution in [2.75, 3.05) is 30.4 Å². The van der Waals surface area contributed by atoms with E-state index in [-0.39, 0.29) is 12.1 Å². The number of rotatable bonds is 6. The summed E-state index contributed by atoms with van der Waals surface area (Å²) in [6.45, 7) is 4.14. The van der Waals surface area contributed by atoms with Gasteiger partial charge in [0.25, 0.3) is 5.56 Å². The molecule has 4 N–H and O–H groups in total. The van der Waals surface area contributed by atoms with Gasteiger partial charge >= 0.3 is 5.69 Å². The van der Waals surface area contributed by atoms with Crippen molar-refractivity contribution in [3.8, 4) is 5.75 Å². The Morgan fingerprint density at radius 2 is 1.84 bits per heavy atom. The maximum Gasteiger partial charge on any atom is 0.350 e. The molecule has 2 heterocycles. The van der Waals surface area contributed by atoms with E-state index in [1.807, 2.05) is 43.3 Å². The Morgan fingerprint density at radius 3 is 2.56 bits per heavy atom. The highest BCUT2D eigenvalue weighted by molar-refractivity contribution is 5.87. The zero-order chi connectivity index (χ0) is 22.4. The second-order valence-electron chi connectivity index (χ2n) is 8.95. The average Bonchev–Trinajstić information content (AvgIpc) is 3.52. The Kier molecular flexibility index (Phi) is 5.17. The number of hydrogen-bond acceptors (Lipinski definition) is 6. The predicted octanol–water partition coefficient (Wildman–Crippen LogP) is 1.75. The molecule has 8 nitrogen and oxygen atoms in total. The standard InChI is InChI=1S/C24H29N5O3/c1-15-21(10-9-19-22(15)28(17-7-8-17)24(31)29(26)23(19)30)27-12-11-16(13-27)20(25)14-32-18-5-3-2-4-6-18/h2-6,9-10,16-17,20H,7-8,11-14,25-26H2,1H3/t16-,20+/m1/s1. The van der Waals surface area contributed by atoms with Crippen LogP contribution < -0.4 is 32.5 Å². The summed E-state index contributed by atoms with van der Waals surface area (Å²) < 4.78 is 8.30. The van der Waals surface area contributed by atoms with E-state index in [0.717, 1.165) is 54.0 Å². The van der Waals surface area contributed by atoms with Crippen LogP contribution in [0.4, 0.5) is 5.69 Å². The van der Waals surface area contributed by atoms with Gasteiger partial charge in [-0.3, -0.25) is 9.36 Å². The summed E-state index contributed by atoms with van der Waals surface area (Å²) in [5.41, 5.74) is 8.28. The van der Waals surface area contributed by atoms with Crippen LogP contribution in [0, 0.1) is 12.8 Å². The van der Waals surface area contributed by atoms with Crippen molar-refractivity contribution in [3.63, 3.8) is 0 Å². The lowest BCUT2D eigenvalue weighted by Gasteiger charge is -2.25. The van der Waals surface area contributed by atoms with Crippen molar-refractivity contribution >= 4 is 16.6 Å². The molecule has 8 heteroatoms. The van der Waals surface area contributed by atoms with E-state index in [9.17, 15) is 9.59 Å². The SMILES string of the molecule is Cc1c(N2CC[C@@H]([C@@H](N)COc3ccccc3)C2)ccc2c(=O)n(N)c(=O)n(C3CC3)c12. The number of benzene rings is 2. The van der Waals surface area contributed by atoms with Crippen LogP contribution in [-0.4, -0.2) is 35.0 Å². The van der Waals surface area contributed by atoms with Crippen LogP contribution in [0.25, 0.3) is 10.9 Å². The highest BCUT2D eigenvalue weighted by Gasteiger charge is 2.32. The van der Waals surface area contributed by atoms with Gasteiger partial charge in [-0.2, -0.15) is 4.68 Å². The van der Waals surface area contributed by atoms with Crippen LogP contribution in [0.1, 0.15) is 30.9 Å². The van der Waals surface area contributed by atoms with Crippen molar-refractivity contribution in [2.24, 2.45) is 11.7 Å². The highest BCUT2D eigenvalue weighted by atomic mass is 16.5. The van der Waals surface area contributed by atoms with Gasteiger partial charge in [0.2, 0.25) is 0 Å². The van der Waals surface area contributed by atoms with Crippen LogP contribution in [0.3, 0.4) is 0 Å². The number of nitrogens with two attached hydrogens (primary N) is 2. The maximum absolute atomic E-state index is 12.8. The Hall–Kier alpha value is -3.26. The summed E-state index contributed by atoms with van der Waals surface area (Å²) in [6.07, 6.45) is 2.83. The van der Waals surface area contributed by atoms with Crippen molar-refractivity contribution in [2.45, 2.75) is 38.3 Å². The van der Waals surface area contributed by atoms with E-state index in [4.69, 9.17) is 16.3 Å². The molecule has 1 saturated heterocycles. The molecule has 168 valence electrons. The predicted molar refractivity (Wildman–Crippen MR) is 126 cm³/mol. The molecule has 0 amide bonds. The molecule has 0 unspecified atom stereocenters. The number of aromatic nitrogens is 2. The van der Waals surface area contributed by atoms with E-state index in [2.05, 4.69) is 4.90 Å². The van der Waals surface area contributed by atoms with Gasteiger partial charge in [0, 0.05) is 30.9 Å². The fourth-order valence-corrected chi connectivity index (χ4v) is 4.82. The first-order valence-corrected chi connectivity index (χ1v) is 11.2. The number of fused-ring (bicyclic) bond motifs is 1. The topological polar surface area (TPSA) is 109 Å². The van der Waals surface area contributed by atoms with Gasteiger partial charge in [-0.05, 0) is 61.9 Å². The molecule has 2 atom stereocenters. The van der Waals surface area contributed by atoms with Gasteiger partial charge in [-0.15, -0.1) is 0 Å². The molecule has 0 bridgehead atoms. The third-order valence-corrected chi connectivity index (χ3v) is 6.77. The summed E-state index contributed by atoms with van der Waals surface area (Å²) in [6, 6.07) is 13.5. The molecule has 0 radical (unpaired) electrons. The molecule has 2 aliphatic rings. The number of nitrogen functional groups attached to an aromatic ring is 1. The van der Waals surface area contributed by atoms with Crippen LogP contribution >= 0.6 is 0 Å². The molecule has 32 heavy (non-hydrogen) atoms. The van der Waals surface area contributed by atoms with Gasteiger partial charge in [0.1, 0.15) is 12.4 Å². The van der Waals surface area contributed by atoms with Crippen molar-refractivity contribution in [1.29, 1.82) is 0 Å². The molecule has 1 aliphatic carbocycles. The first kappa shape index (κ1) is 20.6. The molecule has 5 rings (SSSR count). The number of nitrogens with zero attached hydrogens (tertiary/aromatic N) is 3. The van der Waals surface area contributed by atoms with E-state index >= 15 is 0 Å². The second kappa shape index (κ2) is 8.02. The van der Waals surface area contributed by atoms with Gasteiger partial charge in [0.05, 0.1) is 10.9 Å². The van der Waals surface area contributed by atoms with Crippen molar-refractivity contribution < 1.29 is 4.74 Å². The zero-order valence-electron chi connectivity index (χ0n) is 18.2. The van der Waals surface area contributed by atoms with E-state index < -0.39 is 11.2 Å². The summed E-state index contributed by atoms with van der Waals surface area (Å²) >= 11 is 0. The minimum absolute atomic E-state index is 0.0740. The zero-order valence-corrected chi connectivity index (χ0v) is 18.2. The molecule has 2 fully saturated rings. The van der Waals surface area contributed by atoms with Crippen LogP contribution in [0.5, 0.6) is 5.75 Å². The van der Waals surface area contributed by atoms with Crippen LogP contribution in [0.15, 0.2) is 52.1 Å². The van der Waals surface area contributed by atoms with Crippen LogP contribution in [0.2, 0.25) is 0 Å². The molecule has 1 aliphatic heterocycles. The second-order valence-corrected chi connectivity index (χ2v) is 8.95. The first-order valence-electron chi connectivity index (χ1n) is 11.2. The third kappa shape index (κ3) is 3.54. The molecule has 3 aromatic rings. The van der Waals surface area contributed by atoms with Crippen LogP contribution in [-0.2, 0) is 0 Å². The molecule has 1 saturated carbocycles. The monoisotopic (exact) mass is 435 g/mol. The van der Waals surface area contributed by atoms with Gasteiger partial charge < -0.3 is 21.2 Å². The molecule has 0 spiro atoms. The van der Waals surface area contributed by atoms with Gasteiger partial charge in [-0.1, -0.05) is 18.2 Å². The average molecular weight is 436 g/mol. The minimum atomic E-state index is -0.448. The Labute approximate surface area is 186 Å². The quantitative estimate of drug-likeness (QED) is 0.571. The fourth-order valence-electron chi connectivity index (χ4n) is 4.82. The Balaban J connectivity index is 1.40. The Morgan fingerprint density at radius 1 is 1.09 bits per heavy atom. The van der Waals surface area contributed by atoms with Gasteiger partial charge in [-0.25, -0.2) is 4.79 Å². The largest absolute Gasteiger partial charge is 0.492 e. The lowest BCUT2D eigenvalue weighted by molar-refractivity contribution is 0.253. The number of anilines is 1. The molecular weight excluding hydrogens is 406 g/mol. The molecular formula is C24H29N5O3. The van der Waals surface area contributed by atoms with Gasteiger partial charge in [0.15, 0.2) is 0 Å². The number of aryl methyl sites for hydroxylation is 1. The number of ether oxygens (including phenoxy) is 1. The van der Waals surface area contributed by atoms with E-state index in [1.165, 1.54) is 0 Å². The minimum Gasteiger partial charge on any atom is -0.492 e. The maximum atomic E-state index is 12.8. The van der Waals surface area contributed by atoms with E-state index in [1.54, 1.807) is 10.6 Å². The third-order valence-electron chi connectivity index (χ3n) is 6.77. The smallest absolute Gasteiger partial charge is 0.350 e. The highest BCUT2D eigenvalue weighted by Crippen LogP contribution is 2.38.